The zero-order valence-electron chi connectivity index (χ0n) is 13.5. The Bertz CT molecular complexity index is 894. The highest BCUT2D eigenvalue weighted by Gasteiger charge is 2.22. The lowest BCUT2D eigenvalue weighted by molar-refractivity contribution is 0.0314. The van der Waals surface area contributed by atoms with Gasteiger partial charge in [0, 0.05) is 11.3 Å². The maximum absolute atomic E-state index is 13.6. The number of rotatable bonds is 6. The number of ketones is 1. The van der Waals surface area contributed by atoms with E-state index in [0.717, 1.165) is 12.3 Å². The van der Waals surface area contributed by atoms with Crippen molar-refractivity contribution in [3.05, 3.63) is 65.5 Å². The van der Waals surface area contributed by atoms with E-state index in [4.69, 9.17) is 4.74 Å². The van der Waals surface area contributed by atoms with Gasteiger partial charge in [-0.1, -0.05) is 12.1 Å². The SMILES string of the molecule is C[C@H](OC(=O)c1ccccc1F)C(=O)c1ccc(NS(C)(=O)=O)cc1. The Morgan fingerprint density at radius 1 is 1.08 bits per heavy atom. The molecule has 1 atom stereocenters. The Kier molecular flexibility index (Phi) is 5.53. The summed E-state index contributed by atoms with van der Waals surface area (Å²) in [5.74, 6) is -2.16. The van der Waals surface area contributed by atoms with Crippen LogP contribution >= 0.6 is 0 Å². The second-order valence-corrected chi connectivity index (χ2v) is 7.09. The average molecular weight is 365 g/mol. The predicted molar refractivity (Wildman–Crippen MR) is 90.5 cm³/mol. The van der Waals surface area contributed by atoms with Gasteiger partial charge in [0.25, 0.3) is 0 Å². The minimum atomic E-state index is -3.42. The molecule has 2 aromatic rings. The summed E-state index contributed by atoms with van der Waals surface area (Å²) in [6, 6.07) is 11.0. The number of halogens is 1. The first kappa shape index (κ1) is 18.6. The van der Waals surface area contributed by atoms with E-state index < -0.39 is 33.7 Å². The molecule has 2 rings (SSSR count). The van der Waals surface area contributed by atoms with Gasteiger partial charge in [0.1, 0.15) is 5.82 Å². The summed E-state index contributed by atoms with van der Waals surface area (Å²) in [5.41, 5.74) is 0.276. The van der Waals surface area contributed by atoms with E-state index in [-0.39, 0.29) is 11.1 Å². The lowest BCUT2D eigenvalue weighted by Gasteiger charge is -2.13. The molecule has 0 amide bonds. The fourth-order valence-corrected chi connectivity index (χ4v) is 2.62. The summed E-state index contributed by atoms with van der Waals surface area (Å²) in [7, 11) is -3.42. The Labute approximate surface area is 144 Å². The number of Topliss-reactive ketones (excluding diaryl/α,β-unsaturated/α-hetero) is 1. The summed E-state index contributed by atoms with van der Waals surface area (Å²) < 4.78 is 43.1. The van der Waals surface area contributed by atoms with E-state index >= 15 is 0 Å². The van der Waals surface area contributed by atoms with Gasteiger partial charge in [-0.05, 0) is 43.3 Å². The van der Waals surface area contributed by atoms with E-state index in [2.05, 4.69) is 4.72 Å². The van der Waals surface area contributed by atoms with Gasteiger partial charge in [-0.3, -0.25) is 9.52 Å². The van der Waals surface area contributed by atoms with E-state index in [9.17, 15) is 22.4 Å². The molecule has 2 aromatic carbocycles. The summed E-state index contributed by atoms with van der Waals surface area (Å²) in [6.45, 7) is 1.38. The van der Waals surface area contributed by atoms with Crippen molar-refractivity contribution in [3.8, 4) is 0 Å². The first-order valence-electron chi connectivity index (χ1n) is 7.25. The minimum Gasteiger partial charge on any atom is -0.451 e. The van der Waals surface area contributed by atoms with E-state index in [1.54, 1.807) is 0 Å². The van der Waals surface area contributed by atoms with Crippen LogP contribution in [0.3, 0.4) is 0 Å². The van der Waals surface area contributed by atoms with Crippen molar-refractivity contribution in [2.45, 2.75) is 13.0 Å². The number of benzene rings is 2. The van der Waals surface area contributed by atoms with Gasteiger partial charge in [-0.15, -0.1) is 0 Å². The van der Waals surface area contributed by atoms with Crippen molar-refractivity contribution in [3.63, 3.8) is 0 Å². The second-order valence-electron chi connectivity index (χ2n) is 5.34. The summed E-state index contributed by atoms with van der Waals surface area (Å²) in [6.07, 6.45) is -0.114. The second kappa shape index (κ2) is 7.43. The molecule has 0 unspecified atom stereocenters. The summed E-state index contributed by atoms with van der Waals surface area (Å²) >= 11 is 0. The molecule has 25 heavy (non-hydrogen) atoms. The molecule has 0 heterocycles. The molecule has 0 fully saturated rings. The van der Waals surface area contributed by atoms with Crippen molar-refractivity contribution in [2.75, 3.05) is 11.0 Å². The smallest absolute Gasteiger partial charge is 0.341 e. The largest absolute Gasteiger partial charge is 0.451 e. The topological polar surface area (TPSA) is 89.5 Å². The fourth-order valence-electron chi connectivity index (χ4n) is 2.06. The number of nitrogens with one attached hydrogen (secondary N) is 1. The first-order chi connectivity index (χ1) is 11.7. The number of hydrogen-bond donors (Lipinski definition) is 1. The van der Waals surface area contributed by atoms with E-state index in [0.29, 0.717) is 5.69 Å². The number of hydrogen-bond acceptors (Lipinski definition) is 5. The number of ether oxygens (including phenoxy) is 1. The number of sulfonamides is 1. The Morgan fingerprint density at radius 2 is 1.68 bits per heavy atom. The van der Waals surface area contributed by atoms with Crippen LogP contribution in [0.5, 0.6) is 0 Å². The van der Waals surface area contributed by atoms with E-state index in [1.165, 1.54) is 49.4 Å². The van der Waals surface area contributed by atoms with Gasteiger partial charge >= 0.3 is 5.97 Å². The molecule has 6 nitrogen and oxygen atoms in total. The van der Waals surface area contributed by atoms with Crippen LogP contribution in [0, 0.1) is 5.82 Å². The summed E-state index contributed by atoms with van der Waals surface area (Å²) in [5, 5.41) is 0. The quantitative estimate of drug-likeness (QED) is 0.628. The lowest BCUT2D eigenvalue weighted by Crippen LogP contribution is -2.25. The fraction of sp³-hybridized carbons (Fsp3) is 0.176. The molecule has 0 spiro atoms. The monoisotopic (exact) mass is 365 g/mol. The van der Waals surface area contributed by atoms with Gasteiger partial charge < -0.3 is 4.74 Å². The van der Waals surface area contributed by atoms with Crippen LogP contribution < -0.4 is 4.72 Å². The van der Waals surface area contributed by atoms with Gasteiger partial charge in [-0.2, -0.15) is 0 Å². The number of carbonyl (C=O) groups excluding carboxylic acids is 2. The minimum absolute atomic E-state index is 0.230. The molecule has 0 radical (unpaired) electrons. The predicted octanol–water partition coefficient (Wildman–Crippen LogP) is 2.63. The highest BCUT2D eigenvalue weighted by molar-refractivity contribution is 7.92. The van der Waals surface area contributed by atoms with Crippen molar-refractivity contribution in [1.82, 2.24) is 0 Å². The number of esters is 1. The van der Waals surface area contributed by atoms with Crippen molar-refractivity contribution >= 4 is 27.5 Å². The normalized spacial score (nSPS) is 12.3. The first-order valence-corrected chi connectivity index (χ1v) is 9.14. The standard InChI is InChI=1S/C17H16FNO5S/c1-11(24-17(21)14-5-3-4-6-15(14)18)16(20)12-7-9-13(10-8-12)19-25(2,22)23/h3-11,19H,1-2H3/t11-/m0/s1. The van der Waals surface area contributed by atoms with Gasteiger partial charge in [0.15, 0.2) is 6.10 Å². The third kappa shape index (κ3) is 5.12. The van der Waals surface area contributed by atoms with Crippen LogP contribution in [0.1, 0.15) is 27.6 Å². The third-order valence-corrected chi connectivity index (χ3v) is 3.83. The molecule has 0 bridgehead atoms. The lowest BCUT2D eigenvalue weighted by atomic mass is 10.1. The highest BCUT2D eigenvalue weighted by Crippen LogP contribution is 2.15. The number of carbonyl (C=O) groups is 2. The molecule has 0 aliphatic carbocycles. The van der Waals surface area contributed by atoms with Crippen LogP contribution in [-0.2, 0) is 14.8 Å². The molecular formula is C17H16FNO5S. The molecule has 0 saturated heterocycles. The van der Waals surface area contributed by atoms with Crippen LogP contribution in [-0.4, -0.2) is 32.5 Å². The molecule has 132 valence electrons. The molecule has 0 aromatic heterocycles. The maximum Gasteiger partial charge on any atom is 0.341 e. The maximum atomic E-state index is 13.6. The van der Waals surface area contributed by atoms with Crippen molar-refractivity contribution in [2.24, 2.45) is 0 Å². The number of anilines is 1. The zero-order chi connectivity index (χ0) is 18.6. The van der Waals surface area contributed by atoms with E-state index in [1.807, 2.05) is 0 Å². The Hall–Kier alpha value is -2.74. The molecule has 0 aliphatic heterocycles. The molecule has 0 saturated carbocycles. The van der Waals surface area contributed by atoms with Crippen LogP contribution in [0.15, 0.2) is 48.5 Å². The summed E-state index contributed by atoms with van der Waals surface area (Å²) in [4.78, 5) is 24.2. The van der Waals surface area contributed by atoms with Crippen LogP contribution in [0.2, 0.25) is 0 Å². The highest BCUT2D eigenvalue weighted by atomic mass is 32.2. The van der Waals surface area contributed by atoms with Crippen LogP contribution in [0.4, 0.5) is 10.1 Å². The Morgan fingerprint density at radius 3 is 2.24 bits per heavy atom. The Balaban J connectivity index is 2.07. The van der Waals surface area contributed by atoms with Crippen LogP contribution in [0.25, 0.3) is 0 Å². The van der Waals surface area contributed by atoms with Gasteiger partial charge in [0.05, 0.1) is 11.8 Å². The third-order valence-electron chi connectivity index (χ3n) is 3.22. The van der Waals surface area contributed by atoms with Crippen molar-refractivity contribution < 1.29 is 27.1 Å². The molecular weight excluding hydrogens is 349 g/mol. The van der Waals surface area contributed by atoms with Crippen molar-refractivity contribution in [1.29, 1.82) is 0 Å². The molecule has 1 N–H and O–H groups in total. The molecule has 8 heteroatoms. The van der Waals surface area contributed by atoms with Gasteiger partial charge in [-0.25, -0.2) is 17.6 Å². The molecule has 0 aliphatic rings. The average Bonchev–Trinajstić information content (AvgIpc) is 2.53. The van der Waals surface area contributed by atoms with Gasteiger partial charge in [0.2, 0.25) is 15.8 Å². The zero-order valence-corrected chi connectivity index (χ0v) is 14.3.